The van der Waals surface area contributed by atoms with Crippen LogP contribution >= 0.6 is 0 Å². The van der Waals surface area contributed by atoms with Crippen molar-refractivity contribution in [1.82, 2.24) is 25.0 Å². The Balaban J connectivity index is 1.27. The number of aromatic nitrogens is 3. The van der Waals surface area contributed by atoms with Crippen LogP contribution in [0.3, 0.4) is 0 Å². The molecule has 0 saturated carbocycles. The van der Waals surface area contributed by atoms with Crippen molar-refractivity contribution in [3.05, 3.63) is 77.4 Å². The first-order valence-electron chi connectivity index (χ1n) is 14.4. The molecule has 41 heavy (non-hydrogen) atoms. The van der Waals surface area contributed by atoms with Gasteiger partial charge in [0.2, 0.25) is 0 Å². The lowest BCUT2D eigenvalue weighted by atomic mass is 9.94. The molecule has 0 aliphatic carbocycles. The highest BCUT2D eigenvalue weighted by atomic mass is 19.4. The Morgan fingerprint density at radius 3 is 2.27 bits per heavy atom. The molecular weight excluding hydrogens is 531 g/mol. The molecular formula is C31H38F3N5O2. The Kier molecular flexibility index (Phi) is 8.68. The number of carbonyl (C=O) groups is 1. The molecule has 1 amide bonds. The minimum atomic E-state index is -4.41. The van der Waals surface area contributed by atoms with Crippen LogP contribution in [0.2, 0.25) is 0 Å². The summed E-state index contributed by atoms with van der Waals surface area (Å²) in [5.41, 5.74) is -0.0566. The summed E-state index contributed by atoms with van der Waals surface area (Å²) in [5, 5.41) is 11.8. The van der Waals surface area contributed by atoms with Gasteiger partial charge >= 0.3 is 6.18 Å². The van der Waals surface area contributed by atoms with Crippen LogP contribution in [0.5, 0.6) is 5.75 Å². The Morgan fingerprint density at radius 1 is 1.00 bits per heavy atom. The number of piperidine rings is 1. The van der Waals surface area contributed by atoms with Gasteiger partial charge in [-0.2, -0.15) is 13.2 Å². The van der Waals surface area contributed by atoms with Crippen molar-refractivity contribution in [2.24, 2.45) is 0 Å². The Labute approximate surface area is 239 Å². The second-order valence-electron chi connectivity index (χ2n) is 11.5. The van der Waals surface area contributed by atoms with E-state index in [1.54, 1.807) is 12.1 Å². The van der Waals surface area contributed by atoms with Gasteiger partial charge in [-0.15, -0.1) is 10.2 Å². The SMILES string of the molecule is Cc1nnc(C(C)C)n1C1CC2CCC(C1)N2CC[C@H](NC(=O)COc1ccccc1)c1ccc(C(F)(F)F)cc1. The zero-order valence-corrected chi connectivity index (χ0v) is 23.8. The van der Waals surface area contributed by atoms with Crippen LogP contribution < -0.4 is 10.1 Å². The van der Waals surface area contributed by atoms with Gasteiger partial charge in [0.25, 0.3) is 5.91 Å². The highest BCUT2D eigenvalue weighted by molar-refractivity contribution is 5.78. The van der Waals surface area contributed by atoms with Gasteiger partial charge in [0.05, 0.1) is 11.6 Å². The molecule has 10 heteroatoms. The average molecular weight is 570 g/mol. The van der Waals surface area contributed by atoms with Crippen molar-refractivity contribution in [1.29, 1.82) is 0 Å². The molecule has 2 bridgehead atoms. The van der Waals surface area contributed by atoms with Gasteiger partial charge in [-0.25, -0.2) is 0 Å². The van der Waals surface area contributed by atoms with Crippen molar-refractivity contribution in [2.45, 2.75) is 89.1 Å². The van der Waals surface area contributed by atoms with E-state index in [0.717, 1.165) is 56.0 Å². The van der Waals surface area contributed by atoms with Crippen molar-refractivity contribution < 1.29 is 22.7 Å². The third-order valence-corrected chi connectivity index (χ3v) is 8.40. The number of benzene rings is 2. The van der Waals surface area contributed by atoms with E-state index in [-0.39, 0.29) is 12.5 Å². The largest absolute Gasteiger partial charge is 0.484 e. The van der Waals surface area contributed by atoms with Gasteiger partial charge in [0.1, 0.15) is 17.4 Å². The second-order valence-corrected chi connectivity index (χ2v) is 11.5. The van der Waals surface area contributed by atoms with Crippen LogP contribution in [0.4, 0.5) is 13.2 Å². The average Bonchev–Trinajstić information content (AvgIpc) is 3.45. The number of hydrogen-bond acceptors (Lipinski definition) is 5. The molecule has 2 unspecified atom stereocenters. The van der Waals surface area contributed by atoms with Crippen LogP contribution in [-0.2, 0) is 11.0 Å². The molecule has 3 aromatic rings. The van der Waals surface area contributed by atoms with E-state index in [2.05, 4.69) is 38.8 Å². The van der Waals surface area contributed by atoms with Gasteiger partial charge < -0.3 is 14.6 Å². The fourth-order valence-corrected chi connectivity index (χ4v) is 6.46. The predicted octanol–water partition coefficient (Wildman–Crippen LogP) is 6.22. The molecule has 2 aromatic carbocycles. The molecule has 1 aromatic heterocycles. The summed E-state index contributed by atoms with van der Waals surface area (Å²) >= 11 is 0. The number of halogens is 3. The predicted molar refractivity (Wildman–Crippen MR) is 150 cm³/mol. The number of hydrogen-bond donors (Lipinski definition) is 1. The number of nitrogens with zero attached hydrogens (tertiary/aromatic N) is 4. The summed E-state index contributed by atoms with van der Waals surface area (Å²) in [7, 11) is 0. The maximum atomic E-state index is 13.2. The second kappa shape index (κ2) is 12.2. The lowest BCUT2D eigenvalue weighted by Crippen LogP contribution is -2.45. The van der Waals surface area contributed by atoms with E-state index in [1.807, 2.05) is 25.1 Å². The maximum Gasteiger partial charge on any atom is 0.416 e. The minimum absolute atomic E-state index is 0.172. The normalized spacial score (nSPS) is 21.7. The monoisotopic (exact) mass is 569 g/mol. The quantitative estimate of drug-likeness (QED) is 0.314. The minimum Gasteiger partial charge on any atom is -0.484 e. The van der Waals surface area contributed by atoms with E-state index in [1.165, 1.54) is 12.1 Å². The summed E-state index contributed by atoms with van der Waals surface area (Å²) in [4.78, 5) is 15.4. The first kappa shape index (κ1) is 29.1. The molecule has 3 atom stereocenters. The van der Waals surface area contributed by atoms with Gasteiger partial charge in [-0.1, -0.05) is 44.2 Å². The number of nitrogens with one attached hydrogen (secondary N) is 1. The Hall–Kier alpha value is -3.40. The molecule has 0 spiro atoms. The summed E-state index contributed by atoms with van der Waals surface area (Å²) in [6.07, 6.45) is 0.420. The van der Waals surface area contributed by atoms with E-state index in [4.69, 9.17) is 4.74 Å². The molecule has 2 saturated heterocycles. The van der Waals surface area contributed by atoms with Crippen molar-refractivity contribution in [2.75, 3.05) is 13.2 Å². The lowest BCUT2D eigenvalue weighted by Gasteiger charge is -2.40. The molecule has 0 radical (unpaired) electrons. The standard InChI is InChI=1S/C31H38F3N5O2/c1-20(2)30-37-36-21(3)39(30)26-17-24-13-14-25(18-26)38(24)16-15-28(22-9-11-23(12-10-22)31(32,33)34)35-29(40)19-41-27-7-5-4-6-8-27/h4-12,20,24-26,28H,13-19H2,1-3H3,(H,35,40)/t24?,25?,26?,28-/m0/s1. The van der Waals surface area contributed by atoms with E-state index >= 15 is 0 Å². The molecule has 3 heterocycles. The highest BCUT2D eigenvalue weighted by Crippen LogP contribution is 2.42. The van der Waals surface area contributed by atoms with Crippen LogP contribution in [0.1, 0.15) is 86.7 Å². The van der Waals surface area contributed by atoms with E-state index < -0.39 is 17.8 Å². The number of amides is 1. The molecule has 2 aliphatic rings. The molecule has 1 N–H and O–H groups in total. The van der Waals surface area contributed by atoms with Gasteiger partial charge in [0, 0.05) is 30.6 Å². The summed E-state index contributed by atoms with van der Waals surface area (Å²) in [6, 6.07) is 14.9. The zero-order valence-electron chi connectivity index (χ0n) is 23.8. The van der Waals surface area contributed by atoms with E-state index in [9.17, 15) is 18.0 Å². The molecule has 220 valence electrons. The molecule has 2 aliphatic heterocycles. The van der Waals surface area contributed by atoms with Crippen LogP contribution in [0.25, 0.3) is 0 Å². The number of rotatable bonds is 10. The third kappa shape index (κ3) is 6.74. The molecule has 5 rings (SSSR count). The van der Waals surface area contributed by atoms with Crippen molar-refractivity contribution in [3.8, 4) is 5.75 Å². The van der Waals surface area contributed by atoms with Crippen LogP contribution in [0, 0.1) is 6.92 Å². The zero-order chi connectivity index (χ0) is 29.1. The topological polar surface area (TPSA) is 72.3 Å². The number of alkyl halides is 3. The van der Waals surface area contributed by atoms with Gasteiger partial charge in [-0.05, 0) is 68.9 Å². The number of para-hydroxylation sites is 1. The first-order valence-corrected chi connectivity index (χ1v) is 14.4. The number of aryl methyl sites for hydroxylation is 1. The van der Waals surface area contributed by atoms with Crippen LogP contribution in [0.15, 0.2) is 54.6 Å². The highest BCUT2D eigenvalue weighted by Gasteiger charge is 2.42. The number of carbonyl (C=O) groups excluding carboxylic acids is 1. The van der Waals surface area contributed by atoms with Crippen molar-refractivity contribution >= 4 is 5.91 Å². The molecule has 7 nitrogen and oxygen atoms in total. The van der Waals surface area contributed by atoms with Gasteiger partial charge in [0.15, 0.2) is 6.61 Å². The van der Waals surface area contributed by atoms with Crippen LogP contribution in [-0.4, -0.2) is 50.8 Å². The fourth-order valence-electron chi connectivity index (χ4n) is 6.46. The lowest BCUT2D eigenvalue weighted by molar-refractivity contribution is -0.137. The van der Waals surface area contributed by atoms with Gasteiger partial charge in [-0.3, -0.25) is 9.69 Å². The fraction of sp³-hybridized carbons (Fsp3) is 0.516. The first-order chi connectivity index (χ1) is 19.6. The maximum absolute atomic E-state index is 13.2. The number of fused-ring (bicyclic) bond motifs is 2. The smallest absolute Gasteiger partial charge is 0.416 e. The Morgan fingerprint density at radius 2 is 1.66 bits per heavy atom. The van der Waals surface area contributed by atoms with Crippen molar-refractivity contribution in [3.63, 3.8) is 0 Å². The Bertz CT molecular complexity index is 1300. The summed E-state index contributed by atoms with van der Waals surface area (Å²) in [5.74, 6) is 2.55. The number of ether oxygens (including phenoxy) is 1. The summed E-state index contributed by atoms with van der Waals surface area (Å²) < 4.78 is 47.5. The van der Waals surface area contributed by atoms with E-state index in [0.29, 0.717) is 41.8 Å². The molecule has 2 fully saturated rings. The summed E-state index contributed by atoms with van der Waals surface area (Å²) in [6.45, 7) is 6.88. The third-order valence-electron chi connectivity index (χ3n) is 8.40.